The van der Waals surface area contributed by atoms with Crippen LogP contribution in [0.4, 0.5) is 34.1 Å². The Morgan fingerprint density at radius 2 is 1.70 bits per heavy atom. The molecule has 43 heavy (non-hydrogen) atoms. The number of rotatable bonds is 11. The minimum absolute atomic E-state index is 0.109. The molecule has 3 amide bonds. The quantitative estimate of drug-likeness (QED) is 0.135. The predicted molar refractivity (Wildman–Crippen MR) is 154 cm³/mol. The Hall–Kier alpha value is -6.04. The van der Waals surface area contributed by atoms with E-state index in [0.717, 1.165) is 6.07 Å². The maximum atomic E-state index is 12.7. The van der Waals surface area contributed by atoms with Gasteiger partial charge in [0.1, 0.15) is 11.8 Å². The van der Waals surface area contributed by atoms with Gasteiger partial charge in [-0.15, -0.1) is 10.2 Å². The van der Waals surface area contributed by atoms with Crippen LogP contribution >= 0.6 is 0 Å². The molecule has 0 fully saturated rings. The van der Waals surface area contributed by atoms with Crippen molar-refractivity contribution in [3.63, 3.8) is 0 Å². The van der Waals surface area contributed by atoms with Crippen molar-refractivity contribution >= 4 is 51.8 Å². The molecule has 0 atom stereocenters. The summed E-state index contributed by atoms with van der Waals surface area (Å²) < 4.78 is 0. The van der Waals surface area contributed by atoms with E-state index in [9.17, 15) is 39.9 Å². The third kappa shape index (κ3) is 6.33. The number of nitriles is 1. The number of nitrogens with zero attached hydrogens (tertiary/aromatic N) is 7. The Kier molecular flexibility index (Phi) is 8.80. The summed E-state index contributed by atoms with van der Waals surface area (Å²) in [5, 5.41) is 42.7. The molecule has 15 heteroatoms. The number of non-ortho nitro benzene ring substituents is 1. The number of fused-ring (bicyclic) bond motifs is 1. The van der Waals surface area contributed by atoms with Gasteiger partial charge in [-0.1, -0.05) is 12.1 Å². The van der Waals surface area contributed by atoms with Crippen LogP contribution in [0.25, 0.3) is 0 Å². The number of nitrogens with one attached hydrogen (secondary N) is 1. The summed E-state index contributed by atoms with van der Waals surface area (Å²) in [6, 6.07) is 14.7. The molecule has 1 N–H and O–H groups in total. The topological polar surface area (TPSA) is 205 Å². The molecule has 0 bridgehead atoms. The van der Waals surface area contributed by atoms with Crippen molar-refractivity contribution in [2.45, 2.75) is 20.3 Å². The first-order valence-electron chi connectivity index (χ1n) is 13.0. The van der Waals surface area contributed by atoms with E-state index in [1.165, 1.54) is 17.9 Å². The van der Waals surface area contributed by atoms with Gasteiger partial charge in [-0.2, -0.15) is 5.26 Å². The second-order valence-electron chi connectivity index (χ2n) is 9.31. The molecular weight excluding hydrogens is 560 g/mol. The highest BCUT2D eigenvalue weighted by molar-refractivity contribution is 6.21. The van der Waals surface area contributed by atoms with Crippen LogP contribution in [0.3, 0.4) is 0 Å². The van der Waals surface area contributed by atoms with Gasteiger partial charge in [0.15, 0.2) is 5.69 Å². The largest absolute Gasteiger partial charge is 0.372 e. The van der Waals surface area contributed by atoms with Crippen LogP contribution in [0.15, 0.2) is 64.8 Å². The first kappa shape index (κ1) is 29.9. The molecule has 218 valence electrons. The first-order chi connectivity index (χ1) is 20.5. The highest BCUT2D eigenvalue weighted by Crippen LogP contribution is 2.38. The fraction of sp³-hybridized carbons (Fsp3) is 0.214. The second-order valence-corrected chi connectivity index (χ2v) is 9.31. The Morgan fingerprint density at radius 3 is 2.26 bits per heavy atom. The lowest BCUT2D eigenvalue weighted by Gasteiger charge is -2.25. The van der Waals surface area contributed by atoms with Crippen LogP contribution in [0.5, 0.6) is 0 Å². The molecule has 0 aliphatic carbocycles. The Labute approximate surface area is 244 Å². The van der Waals surface area contributed by atoms with Crippen molar-refractivity contribution in [2.24, 2.45) is 10.2 Å². The lowest BCUT2D eigenvalue weighted by Crippen LogP contribution is -2.33. The fourth-order valence-electron chi connectivity index (χ4n) is 4.57. The monoisotopic (exact) mass is 584 g/mol. The Balaban J connectivity index is 1.57. The summed E-state index contributed by atoms with van der Waals surface area (Å²) in [7, 11) is 0. The zero-order valence-corrected chi connectivity index (χ0v) is 23.0. The number of nitro groups is 2. The average molecular weight is 585 g/mol. The minimum Gasteiger partial charge on any atom is -0.372 e. The highest BCUT2D eigenvalue weighted by atomic mass is 16.6. The highest BCUT2D eigenvalue weighted by Gasteiger charge is 2.34. The van der Waals surface area contributed by atoms with Gasteiger partial charge in [0.2, 0.25) is 5.91 Å². The molecule has 15 nitrogen and oxygen atoms in total. The molecule has 4 rings (SSSR count). The van der Waals surface area contributed by atoms with E-state index in [4.69, 9.17) is 0 Å². The molecule has 1 aliphatic rings. The van der Waals surface area contributed by atoms with Crippen LogP contribution in [-0.2, 0) is 4.79 Å². The molecule has 0 unspecified atom stereocenters. The number of imide groups is 1. The van der Waals surface area contributed by atoms with Crippen LogP contribution in [0.1, 0.15) is 46.5 Å². The van der Waals surface area contributed by atoms with Crippen molar-refractivity contribution in [2.75, 3.05) is 29.9 Å². The normalized spacial score (nSPS) is 12.3. The van der Waals surface area contributed by atoms with Gasteiger partial charge in [-0.05, 0) is 43.7 Å². The van der Waals surface area contributed by atoms with E-state index < -0.39 is 38.4 Å². The van der Waals surface area contributed by atoms with Gasteiger partial charge >= 0.3 is 5.69 Å². The molecular formula is C28H24N8O7. The molecule has 3 aromatic rings. The molecule has 0 spiro atoms. The summed E-state index contributed by atoms with van der Waals surface area (Å²) in [4.78, 5) is 61.4. The second kappa shape index (κ2) is 12.6. The average Bonchev–Trinajstić information content (AvgIpc) is 3.22. The number of azo groups is 1. The van der Waals surface area contributed by atoms with E-state index in [1.54, 1.807) is 42.5 Å². The van der Waals surface area contributed by atoms with E-state index in [0.29, 0.717) is 42.4 Å². The number of amides is 3. The summed E-state index contributed by atoms with van der Waals surface area (Å²) in [5.41, 5.74) is -0.553. The molecule has 1 aliphatic heterocycles. The first-order valence-corrected chi connectivity index (χ1v) is 13.0. The SMILES string of the molecule is CCN(CCCN1C(=O)c2ccccc2C1=O)c1ccc(/N=N/c2c(C#N)cc([N+](=O)[O-])cc2[N+](=O)[O-])c(NC(C)=O)c1. The number of carbonyl (C=O) groups excluding carboxylic acids is 3. The zero-order valence-electron chi connectivity index (χ0n) is 23.0. The third-order valence-corrected chi connectivity index (χ3v) is 6.59. The fourth-order valence-corrected chi connectivity index (χ4v) is 4.57. The number of carbonyl (C=O) groups is 3. The molecule has 1 heterocycles. The maximum absolute atomic E-state index is 12.7. The lowest BCUT2D eigenvalue weighted by molar-refractivity contribution is -0.393. The third-order valence-electron chi connectivity index (χ3n) is 6.59. The van der Waals surface area contributed by atoms with Crippen molar-refractivity contribution in [1.82, 2.24) is 4.90 Å². The smallest absolute Gasteiger partial charge is 0.304 e. The van der Waals surface area contributed by atoms with Gasteiger partial charge in [0, 0.05) is 38.3 Å². The van der Waals surface area contributed by atoms with E-state index >= 15 is 0 Å². The van der Waals surface area contributed by atoms with Crippen LogP contribution in [-0.4, -0.2) is 52.1 Å². The summed E-state index contributed by atoms with van der Waals surface area (Å²) >= 11 is 0. The van der Waals surface area contributed by atoms with Crippen LogP contribution in [0, 0.1) is 31.6 Å². The molecule has 0 saturated carbocycles. The van der Waals surface area contributed by atoms with Gasteiger partial charge in [0.05, 0.1) is 38.3 Å². The van der Waals surface area contributed by atoms with Gasteiger partial charge in [0.25, 0.3) is 17.5 Å². The van der Waals surface area contributed by atoms with Crippen LogP contribution < -0.4 is 10.2 Å². The van der Waals surface area contributed by atoms with E-state index in [2.05, 4.69) is 15.5 Å². The van der Waals surface area contributed by atoms with Gasteiger partial charge < -0.3 is 10.2 Å². The number of benzene rings is 3. The summed E-state index contributed by atoms with van der Waals surface area (Å²) in [5.74, 6) is -1.10. The summed E-state index contributed by atoms with van der Waals surface area (Å²) in [6.07, 6.45) is 0.469. The van der Waals surface area contributed by atoms with Crippen LogP contribution in [0.2, 0.25) is 0 Å². The molecule has 0 aromatic heterocycles. The van der Waals surface area contributed by atoms with Gasteiger partial charge in [-0.3, -0.25) is 39.5 Å². The maximum Gasteiger partial charge on any atom is 0.304 e. The standard InChI is InChI=1S/C28H24N8O7/c1-3-33(11-6-12-34-27(38)21-7-4-5-8-22(21)28(34)39)19-9-10-23(24(14-19)30-17(2)37)31-32-26-18(16-29)13-20(35(40)41)15-25(26)36(42)43/h4-5,7-10,13-15H,3,6,11-12H2,1-2H3,(H,30,37)/b32-31+. The van der Waals surface area contributed by atoms with Gasteiger partial charge in [-0.25, -0.2) is 0 Å². The zero-order chi connectivity index (χ0) is 31.3. The summed E-state index contributed by atoms with van der Waals surface area (Å²) in [6.45, 7) is 4.41. The van der Waals surface area contributed by atoms with Crippen molar-refractivity contribution < 1.29 is 24.2 Å². The van der Waals surface area contributed by atoms with Crippen molar-refractivity contribution in [3.8, 4) is 6.07 Å². The van der Waals surface area contributed by atoms with Crippen molar-refractivity contribution in [3.05, 3.63) is 91.5 Å². The Morgan fingerprint density at radius 1 is 1.02 bits per heavy atom. The molecule has 3 aromatic carbocycles. The number of nitro benzene ring substituents is 2. The van der Waals surface area contributed by atoms with E-state index in [1.807, 2.05) is 11.8 Å². The Bertz CT molecular complexity index is 1700. The molecule has 0 saturated heterocycles. The van der Waals surface area contributed by atoms with E-state index in [-0.39, 0.29) is 29.7 Å². The van der Waals surface area contributed by atoms with Crippen molar-refractivity contribution in [1.29, 1.82) is 5.26 Å². The minimum atomic E-state index is -0.902. The number of hydrogen-bond acceptors (Lipinski definition) is 11. The number of hydrogen-bond donors (Lipinski definition) is 1. The number of anilines is 2. The molecule has 0 radical (unpaired) electrons. The lowest BCUT2D eigenvalue weighted by atomic mass is 10.1. The predicted octanol–water partition coefficient (Wildman–Crippen LogP) is 5.26.